The van der Waals surface area contributed by atoms with Crippen LogP contribution >= 0.6 is 0 Å². The van der Waals surface area contributed by atoms with Crippen LogP contribution in [0, 0.1) is 0 Å². The topological polar surface area (TPSA) is 49.2 Å². The van der Waals surface area contributed by atoms with Crippen LogP contribution in [-0.4, -0.2) is 28.2 Å². The molecule has 2 rings (SSSR count). The SMILES string of the molecule is OCCN(Cc1ccccc1)c1ncccn1. The summed E-state index contributed by atoms with van der Waals surface area (Å²) in [5.41, 5.74) is 1.17. The number of rotatable bonds is 5. The zero-order valence-electron chi connectivity index (χ0n) is 9.53. The fourth-order valence-corrected chi connectivity index (χ4v) is 1.63. The first-order valence-corrected chi connectivity index (χ1v) is 5.57. The van der Waals surface area contributed by atoms with Gasteiger partial charge in [-0.25, -0.2) is 9.97 Å². The Kier molecular flexibility index (Phi) is 4.05. The van der Waals surface area contributed by atoms with Gasteiger partial charge in [-0.1, -0.05) is 30.3 Å². The molecule has 1 heterocycles. The molecular weight excluding hydrogens is 214 g/mol. The minimum absolute atomic E-state index is 0.0884. The standard InChI is InChI=1S/C13H15N3O/c17-10-9-16(13-14-7-4-8-15-13)11-12-5-2-1-3-6-12/h1-8,17H,9-11H2. The summed E-state index contributed by atoms with van der Waals surface area (Å²) in [6.45, 7) is 1.31. The molecule has 0 aliphatic carbocycles. The Hall–Kier alpha value is -1.94. The fraction of sp³-hybridized carbons (Fsp3) is 0.231. The van der Waals surface area contributed by atoms with Crippen molar-refractivity contribution in [2.24, 2.45) is 0 Å². The number of hydrogen-bond donors (Lipinski definition) is 1. The molecule has 1 N–H and O–H groups in total. The highest BCUT2D eigenvalue weighted by Crippen LogP contribution is 2.10. The number of benzene rings is 1. The molecule has 1 aromatic heterocycles. The minimum atomic E-state index is 0.0884. The lowest BCUT2D eigenvalue weighted by molar-refractivity contribution is 0.300. The van der Waals surface area contributed by atoms with Crippen molar-refractivity contribution in [3.63, 3.8) is 0 Å². The Bertz CT molecular complexity index is 433. The molecule has 0 unspecified atom stereocenters. The average Bonchev–Trinajstić information content (AvgIpc) is 2.40. The van der Waals surface area contributed by atoms with E-state index >= 15 is 0 Å². The maximum Gasteiger partial charge on any atom is 0.225 e. The van der Waals surface area contributed by atoms with Gasteiger partial charge < -0.3 is 10.0 Å². The molecule has 17 heavy (non-hydrogen) atoms. The Balaban J connectivity index is 2.13. The van der Waals surface area contributed by atoms with Gasteiger partial charge in [0.1, 0.15) is 0 Å². The van der Waals surface area contributed by atoms with E-state index in [9.17, 15) is 0 Å². The van der Waals surface area contributed by atoms with Crippen molar-refractivity contribution in [1.29, 1.82) is 0 Å². The summed E-state index contributed by atoms with van der Waals surface area (Å²) in [5.74, 6) is 0.644. The molecule has 0 saturated heterocycles. The van der Waals surface area contributed by atoms with Crippen LogP contribution in [0.2, 0.25) is 0 Å². The van der Waals surface area contributed by atoms with Crippen LogP contribution < -0.4 is 4.90 Å². The molecule has 4 heteroatoms. The minimum Gasteiger partial charge on any atom is -0.395 e. The lowest BCUT2D eigenvalue weighted by Gasteiger charge is -2.21. The molecular formula is C13H15N3O. The van der Waals surface area contributed by atoms with E-state index in [2.05, 4.69) is 9.97 Å². The first-order chi connectivity index (χ1) is 8.40. The Morgan fingerprint density at radius 1 is 1.00 bits per heavy atom. The van der Waals surface area contributed by atoms with E-state index in [1.165, 1.54) is 5.56 Å². The molecule has 0 aliphatic rings. The highest BCUT2D eigenvalue weighted by atomic mass is 16.3. The van der Waals surface area contributed by atoms with Crippen LogP contribution in [0.5, 0.6) is 0 Å². The van der Waals surface area contributed by atoms with Gasteiger partial charge in [0.05, 0.1) is 6.61 Å². The molecule has 0 radical (unpaired) electrons. The zero-order chi connectivity index (χ0) is 11.9. The lowest BCUT2D eigenvalue weighted by Crippen LogP contribution is -2.27. The third-order valence-corrected chi connectivity index (χ3v) is 2.42. The predicted molar refractivity (Wildman–Crippen MR) is 66.6 cm³/mol. The number of anilines is 1. The summed E-state index contributed by atoms with van der Waals surface area (Å²) in [6.07, 6.45) is 3.41. The number of hydrogen-bond acceptors (Lipinski definition) is 4. The fourth-order valence-electron chi connectivity index (χ4n) is 1.63. The summed E-state index contributed by atoms with van der Waals surface area (Å²) in [4.78, 5) is 10.3. The summed E-state index contributed by atoms with van der Waals surface area (Å²) >= 11 is 0. The van der Waals surface area contributed by atoms with E-state index in [1.807, 2.05) is 35.2 Å². The molecule has 0 atom stereocenters. The van der Waals surface area contributed by atoms with Crippen LogP contribution in [0.1, 0.15) is 5.56 Å². The summed E-state index contributed by atoms with van der Waals surface area (Å²) in [5, 5.41) is 9.08. The van der Waals surface area contributed by atoms with Crippen LogP contribution in [0.3, 0.4) is 0 Å². The number of aromatic nitrogens is 2. The van der Waals surface area contributed by atoms with E-state index in [0.717, 1.165) is 0 Å². The first-order valence-electron chi connectivity index (χ1n) is 5.57. The first kappa shape index (κ1) is 11.5. The third kappa shape index (κ3) is 3.26. The van der Waals surface area contributed by atoms with E-state index < -0.39 is 0 Å². The van der Waals surface area contributed by atoms with Gasteiger partial charge in [-0.15, -0.1) is 0 Å². The van der Waals surface area contributed by atoms with Crippen LogP contribution in [0.4, 0.5) is 5.95 Å². The molecule has 88 valence electrons. The Morgan fingerprint density at radius 2 is 1.71 bits per heavy atom. The van der Waals surface area contributed by atoms with Gasteiger partial charge in [0.25, 0.3) is 0 Å². The van der Waals surface area contributed by atoms with Crippen LogP contribution in [0.15, 0.2) is 48.8 Å². The van der Waals surface area contributed by atoms with Crippen LogP contribution in [-0.2, 0) is 6.54 Å². The van der Waals surface area contributed by atoms with Gasteiger partial charge in [0.2, 0.25) is 5.95 Å². The Labute approximate surface area is 101 Å². The van der Waals surface area contributed by atoms with Gasteiger partial charge in [0, 0.05) is 25.5 Å². The average molecular weight is 229 g/mol. The molecule has 2 aromatic rings. The maximum absolute atomic E-state index is 9.08. The second-order valence-electron chi connectivity index (χ2n) is 3.68. The van der Waals surface area contributed by atoms with Crippen molar-refractivity contribution in [1.82, 2.24) is 9.97 Å². The molecule has 1 aromatic carbocycles. The van der Waals surface area contributed by atoms with Gasteiger partial charge in [-0.05, 0) is 11.6 Å². The summed E-state index contributed by atoms with van der Waals surface area (Å²) < 4.78 is 0. The highest BCUT2D eigenvalue weighted by molar-refractivity contribution is 5.31. The zero-order valence-corrected chi connectivity index (χ0v) is 9.53. The van der Waals surface area contributed by atoms with Gasteiger partial charge >= 0.3 is 0 Å². The molecule has 0 aliphatic heterocycles. The molecule has 0 spiro atoms. The van der Waals surface area contributed by atoms with Crippen molar-refractivity contribution in [3.8, 4) is 0 Å². The molecule has 0 bridgehead atoms. The third-order valence-electron chi connectivity index (χ3n) is 2.42. The summed E-state index contributed by atoms with van der Waals surface area (Å²) in [6, 6.07) is 11.9. The maximum atomic E-state index is 9.08. The second kappa shape index (κ2) is 5.96. The number of aliphatic hydroxyl groups is 1. The smallest absolute Gasteiger partial charge is 0.225 e. The molecule has 4 nitrogen and oxygen atoms in total. The van der Waals surface area contributed by atoms with Crippen molar-refractivity contribution >= 4 is 5.95 Å². The quantitative estimate of drug-likeness (QED) is 0.843. The highest BCUT2D eigenvalue weighted by Gasteiger charge is 2.08. The molecule has 0 fully saturated rings. The van der Waals surface area contributed by atoms with Crippen molar-refractivity contribution in [2.75, 3.05) is 18.1 Å². The normalized spacial score (nSPS) is 10.2. The number of nitrogens with zero attached hydrogens (tertiary/aromatic N) is 3. The summed E-state index contributed by atoms with van der Waals surface area (Å²) in [7, 11) is 0. The Morgan fingerprint density at radius 3 is 2.35 bits per heavy atom. The van der Waals surface area contributed by atoms with Gasteiger partial charge in [0.15, 0.2) is 0 Å². The molecule has 0 amide bonds. The van der Waals surface area contributed by atoms with E-state index in [0.29, 0.717) is 19.0 Å². The largest absolute Gasteiger partial charge is 0.395 e. The molecule has 0 saturated carbocycles. The van der Waals surface area contributed by atoms with Crippen molar-refractivity contribution in [2.45, 2.75) is 6.54 Å². The monoisotopic (exact) mass is 229 g/mol. The van der Waals surface area contributed by atoms with E-state index in [4.69, 9.17) is 5.11 Å². The predicted octanol–water partition coefficient (Wildman–Crippen LogP) is 1.48. The van der Waals surface area contributed by atoms with E-state index in [-0.39, 0.29) is 6.61 Å². The van der Waals surface area contributed by atoms with Crippen LogP contribution in [0.25, 0.3) is 0 Å². The number of aliphatic hydroxyl groups excluding tert-OH is 1. The van der Waals surface area contributed by atoms with Gasteiger partial charge in [-0.2, -0.15) is 0 Å². The van der Waals surface area contributed by atoms with Gasteiger partial charge in [-0.3, -0.25) is 0 Å². The van der Waals surface area contributed by atoms with E-state index in [1.54, 1.807) is 18.5 Å². The second-order valence-corrected chi connectivity index (χ2v) is 3.68. The lowest BCUT2D eigenvalue weighted by atomic mass is 10.2. The van der Waals surface area contributed by atoms with Crippen molar-refractivity contribution < 1.29 is 5.11 Å². The van der Waals surface area contributed by atoms with Crippen molar-refractivity contribution in [3.05, 3.63) is 54.4 Å².